The number of carbonyl (C=O) groups excluding carboxylic acids is 1. The molecule has 7 nitrogen and oxygen atoms in total. The van der Waals surface area contributed by atoms with Crippen LogP contribution in [0.2, 0.25) is 0 Å². The molecule has 0 radical (unpaired) electrons. The smallest absolute Gasteiger partial charge is 0.213 e. The fourth-order valence-electron chi connectivity index (χ4n) is 4.57. The van der Waals surface area contributed by atoms with Gasteiger partial charge in [-0.3, -0.25) is 4.79 Å². The summed E-state index contributed by atoms with van der Waals surface area (Å²) in [5.74, 6) is -2.77. The molecular formula is C31H30F3N5O2S. The molecule has 42 heavy (non-hydrogen) atoms. The zero-order valence-electron chi connectivity index (χ0n) is 23.3. The van der Waals surface area contributed by atoms with Crippen LogP contribution in [0.15, 0.2) is 89.2 Å². The monoisotopic (exact) mass is 593 g/mol. The lowest BCUT2D eigenvalue weighted by Crippen LogP contribution is -2.50. The van der Waals surface area contributed by atoms with Gasteiger partial charge in [-0.2, -0.15) is 0 Å². The minimum atomic E-state index is -1.04. The Morgan fingerprint density at radius 2 is 1.90 bits per heavy atom. The number of ketones is 1. The second kappa shape index (κ2) is 12.3. The average Bonchev–Trinajstić information content (AvgIpc) is 3.31. The number of aromatic nitrogens is 1. The molecule has 0 fully saturated rings. The van der Waals surface area contributed by atoms with Crippen LogP contribution >= 0.6 is 11.9 Å². The van der Waals surface area contributed by atoms with Crippen LogP contribution in [0.4, 0.5) is 18.9 Å². The lowest BCUT2D eigenvalue weighted by molar-refractivity contribution is 0.102. The summed E-state index contributed by atoms with van der Waals surface area (Å²) in [4.78, 5) is 20.6. The van der Waals surface area contributed by atoms with Gasteiger partial charge >= 0.3 is 0 Å². The van der Waals surface area contributed by atoms with Crippen molar-refractivity contribution in [2.24, 2.45) is 0 Å². The first kappa shape index (κ1) is 29.3. The number of pyridine rings is 1. The number of carbonyl (C=O) groups is 1. The quantitative estimate of drug-likeness (QED) is 0.144. The van der Waals surface area contributed by atoms with Crippen molar-refractivity contribution in [3.8, 4) is 5.88 Å². The van der Waals surface area contributed by atoms with Gasteiger partial charge in [0.05, 0.1) is 17.9 Å². The molecule has 0 saturated carbocycles. The van der Waals surface area contributed by atoms with E-state index in [1.165, 1.54) is 30.5 Å². The van der Waals surface area contributed by atoms with Crippen molar-refractivity contribution in [1.29, 1.82) is 0 Å². The molecule has 1 aromatic heterocycles. The maximum atomic E-state index is 15.5. The number of anilines is 1. The van der Waals surface area contributed by atoms with Crippen LogP contribution in [0.3, 0.4) is 0 Å². The van der Waals surface area contributed by atoms with Crippen molar-refractivity contribution < 1.29 is 22.7 Å². The number of halogens is 3. The number of nitrogens with one attached hydrogen (secondary N) is 3. The molecule has 218 valence electrons. The molecule has 0 bridgehead atoms. The van der Waals surface area contributed by atoms with Gasteiger partial charge < -0.3 is 25.0 Å². The van der Waals surface area contributed by atoms with Crippen molar-refractivity contribution in [2.75, 3.05) is 32.0 Å². The second-order valence-corrected chi connectivity index (χ2v) is 11.2. The molecule has 2 aromatic carbocycles. The normalized spacial score (nSPS) is 17.5. The molecule has 2 aliphatic heterocycles. The summed E-state index contributed by atoms with van der Waals surface area (Å²) < 4.78 is 52.5. The first-order valence-corrected chi connectivity index (χ1v) is 14.1. The number of allylic oxidation sites excluding steroid dienone is 2. The van der Waals surface area contributed by atoms with E-state index in [4.69, 9.17) is 4.74 Å². The second-order valence-electron chi connectivity index (χ2n) is 10.3. The van der Waals surface area contributed by atoms with E-state index in [-0.39, 0.29) is 11.3 Å². The van der Waals surface area contributed by atoms with Crippen LogP contribution < -0.4 is 20.1 Å². The van der Waals surface area contributed by atoms with E-state index in [1.54, 1.807) is 30.6 Å². The molecule has 1 unspecified atom stereocenters. The number of benzene rings is 2. The van der Waals surface area contributed by atoms with Crippen LogP contribution in [0.1, 0.15) is 29.3 Å². The minimum absolute atomic E-state index is 0.102. The number of dihydropyridines is 1. The lowest BCUT2D eigenvalue weighted by atomic mass is 9.87. The molecule has 0 amide bonds. The third-order valence-corrected chi connectivity index (χ3v) is 7.67. The highest BCUT2D eigenvalue weighted by Crippen LogP contribution is 2.37. The summed E-state index contributed by atoms with van der Waals surface area (Å²) in [5, 5.41) is 6.36. The van der Waals surface area contributed by atoms with Gasteiger partial charge in [0.25, 0.3) is 0 Å². The fraction of sp³-hybridized carbons (Fsp3) is 0.226. The van der Waals surface area contributed by atoms with E-state index in [0.717, 1.165) is 42.1 Å². The van der Waals surface area contributed by atoms with Crippen LogP contribution in [0.25, 0.3) is 5.57 Å². The van der Waals surface area contributed by atoms with E-state index < -0.39 is 34.5 Å². The third kappa shape index (κ3) is 6.32. The Bertz CT molecular complexity index is 1590. The van der Waals surface area contributed by atoms with Gasteiger partial charge in [0.2, 0.25) is 11.7 Å². The van der Waals surface area contributed by atoms with Crippen molar-refractivity contribution in [3.05, 3.63) is 113 Å². The zero-order valence-corrected chi connectivity index (χ0v) is 24.1. The number of rotatable bonds is 11. The maximum Gasteiger partial charge on any atom is 0.213 e. The zero-order chi connectivity index (χ0) is 29.9. The van der Waals surface area contributed by atoms with Gasteiger partial charge in [-0.15, -0.1) is 0 Å². The maximum absolute atomic E-state index is 15.5. The summed E-state index contributed by atoms with van der Waals surface area (Å²) in [6.07, 6.45) is 7.60. The number of ether oxygens (including phenoxy) is 1. The Kier molecular flexibility index (Phi) is 8.60. The van der Waals surface area contributed by atoms with Crippen molar-refractivity contribution in [3.63, 3.8) is 0 Å². The number of fused-ring (bicyclic) bond motifs is 1. The SMILES string of the molecule is CN(C)CCCOc1ccc(C2=CNC3(C)NC=C(C(=O)c4c(F)ccc(NSc5cccc(F)c5)c4F)C3=C2)cn1. The van der Waals surface area contributed by atoms with E-state index >= 15 is 4.39 Å². The van der Waals surface area contributed by atoms with Gasteiger partial charge in [0.15, 0.2) is 5.82 Å². The fourth-order valence-corrected chi connectivity index (χ4v) is 5.27. The van der Waals surface area contributed by atoms with Crippen LogP contribution in [-0.4, -0.2) is 48.6 Å². The predicted octanol–water partition coefficient (Wildman–Crippen LogP) is 5.91. The summed E-state index contributed by atoms with van der Waals surface area (Å²) in [6, 6.07) is 11.6. The third-order valence-electron chi connectivity index (χ3n) is 6.86. The van der Waals surface area contributed by atoms with Crippen LogP contribution in [0.5, 0.6) is 5.88 Å². The van der Waals surface area contributed by atoms with Gasteiger partial charge in [-0.1, -0.05) is 6.07 Å². The molecule has 11 heteroatoms. The van der Waals surface area contributed by atoms with E-state index in [9.17, 15) is 13.6 Å². The molecular weight excluding hydrogens is 563 g/mol. The van der Waals surface area contributed by atoms with Crippen molar-refractivity contribution in [1.82, 2.24) is 20.5 Å². The highest BCUT2D eigenvalue weighted by molar-refractivity contribution is 8.00. The number of hydrogen-bond acceptors (Lipinski definition) is 8. The van der Waals surface area contributed by atoms with Crippen molar-refractivity contribution in [2.45, 2.75) is 23.9 Å². The average molecular weight is 594 g/mol. The molecule has 0 aliphatic carbocycles. The predicted molar refractivity (Wildman–Crippen MR) is 158 cm³/mol. The Morgan fingerprint density at radius 1 is 1.10 bits per heavy atom. The molecule has 3 heterocycles. The van der Waals surface area contributed by atoms with Crippen LogP contribution in [0, 0.1) is 17.5 Å². The highest BCUT2D eigenvalue weighted by atomic mass is 32.2. The molecule has 0 saturated heterocycles. The Labute approximate surface area is 246 Å². The van der Waals surface area contributed by atoms with Gasteiger partial charge in [-0.05, 0) is 87.4 Å². The number of nitrogens with zero attached hydrogens (tertiary/aromatic N) is 2. The highest BCUT2D eigenvalue weighted by Gasteiger charge is 2.40. The number of Topliss-reactive ketones (excluding diaryl/α,β-unsaturated/α-hetero) is 1. The van der Waals surface area contributed by atoms with Gasteiger partial charge in [0, 0.05) is 52.8 Å². The summed E-state index contributed by atoms with van der Waals surface area (Å²) in [6.45, 7) is 3.28. The van der Waals surface area contributed by atoms with Crippen molar-refractivity contribution >= 4 is 29.0 Å². The van der Waals surface area contributed by atoms with E-state index in [1.807, 2.05) is 27.1 Å². The molecule has 0 spiro atoms. The molecule has 5 rings (SSSR count). The summed E-state index contributed by atoms with van der Waals surface area (Å²) >= 11 is 0.947. The van der Waals surface area contributed by atoms with Crippen LogP contribution in [-0.2, 0) is 0 Å². The first-order valence-electron chi connectivity index (χ1n) is 13.3. The number of hydrogen-bond donors (Lipinski definition) is 3. The standard InChI is InChI=1S/C31H30F3N5O2S/c1-31-24(14-20(17-36-31)19-8-11-27(35-16-19)41-13-5-12-39(2)3)23(18-37-31)30(40)28-25(33)9-10-26(29(28)34)38-42-22-7-4-6-21(32)15-22/h4,6-11,14-18,36-38H,5,12-13H2,1-3H3. The lowest BCUT2D eigenvalue weighted by Gasteiger charge is -2.32. The van der Waals surface area contributed by atoms with Gasteiger partial charge in [-0.25, -0.2) is 18.2 Å². The van der Waals surface area contributed by atoms with E-state index in [2.05, 4.69) is 25.2 Å². The topological polar surface area (TPSA) is 78.5 Å². The summed E-state index contributed by atoms with van der Waals surface area (Å²) in [5.41, 5.74) is 0.514. The largest absolute Gasteiger partial charge is 0.478 e. The first-order chi connectivity index (χ1) is 20.1. The molecule has 1 atom stereocenters. The van der Waals surface area contributed by atoms with E-state index in [0.29, 0.717) is 23.0 Å². The Morgan fingerprint density at radius 3 is 2.64 bits per heavy atom. The molecule has 2 aliphatic rings. The van der Waals surface area contributed by atoms with Gasteiger partial charge in [0.1, 0.15) is 17.3 Å². The summed E-state index contributed by atoms with van der Waals surface area (Å²) in [7, 11) is 4.01. The Hall–Kier alpha value is -4.22. The minimum Gasteiger partial charge on any atom is -0.478 e. The molecule has 3 aromatic rings. The Balaban J connectivity index is 1.34. The molecule has 3 N–H and O–H groups in total.